The number of aromatic nitrogens is 4. The number of hydrogen-bond acceptors (Lipinski definition) is 7. The van der Waals surface area contributed by atoms with Crippen molar-refractivity contribution < 1.29 is 9.32 Å². The van der Waals surface area contributed by atoms with E-state index in [1.165, 1.54) is 16.4 Å². The summed E-state index contributed by atoms with van der Waals surface area (Å²) in [6.07, 6.45) is 0. The Labute approximate surface area is 145 Å². The minimum absolute atomic E-state index is 0.138. The zero-order valence-corrected chi connectivity index (χ0v) is 15.7. The maximum absolute atomic E-state index is 12.0. The van der Waals surface area contributed by atoms with E-state index in [0.29, 0.717) is 16.9 Å². The number of carbonyl (C=O) groups is 1. The Kier molecular flexibility index (Phi) is 4.93. The molecule has 2 aromatic heterocycles. The molecule has 1 amide bonds. The van der Waals surface area contributed by atoms with E-state index in [1.807, 2.05) is 41.5 Å². The molecule has 0 bridgehead atoms. The first-order chi connectivity index (χ1) is 11.0. The first-order valence-electron chi connectivity index (χ1n) is 7.59. The van der Waals surface area contributed by atoms with Crippen molar-refractivity contribution in [1.29, 1.82) is 0 Å². The van der Waals surface area contributed by atoms with Crippen molar-refractivity contribution in [2.24, 2.45) is 0 Å². The predicted octanol–water partition coefficient (Wildman–Crippen LogP) is 2.31. The quantitative estimate of drug-likeness (QED) is 0.641. The fourth-order valence-corrected chi connectivity index (χ4v) is 2.53. The van der Waals surface area contributed by atoms with Crippen LogP contribution in [0.5, 0.6) is 0 Å². The van der Waals surface area contributed by atoms with Gasteiger partial charge < -0.3 is 10.4 Å². The van der Waals surface area contributed by atoms with Gasteiger partial charge in [-0.3, -0.25) is 10.1 Å². The average Bonchev–Trinajstić information content (AvgIpc) is 3.02. The molecule has 0 aliphatic carbocycles. The van der Waals surface area contributed by atoms with Crippen molar-refractivity contribution in [3.05, 3.63) is 17.6 Å². The summed E-state index contributed by atoms with van der Waals surface area (Å²) in [5.74, 6) is 6.90. The van der Waals surface area contributed by atoms with Crippen LogP contribution < -0.4 is 11.2 Å². The highest BCUT2D eigenvalue weighted by Crippen LogP contribution is 2.25. The summed E-state index contributed by atoms with van der Waals surface area (Å²) < 4.78 is 6.56. The van der Waals surface area contributed by atoms with Gasteiger partial charge in [0.2, 0.25) is 16.9 Å². The minimum Gasteiger partial charge on any atom is -0.338 e. The summed E-state index contributed by atoms with van der Waals surface area (Å²) in [5, 5.41) is 15.2. The molecule has 0 saturated carbocycles. The third-order valence-corrected chi connectivity index (χ3v) is 4.15. The predicted molar refractivity (Wildman–Crippen MR) is 93.4 cm³/mol. The van der Waals surface area contributed by atoms with E-state index < -0.39 is 0 Å². The van der Waals surface area contributed by atoms with E-state index in [0.717, 1.165) is 5.69 Å². The zero-order valence-electron chi connectivity index (χ0n) is 14.9. The number of amides is 1. The molecule has 0 fully saturated rings. The Hall–Kier alpha value is -2.03. The summed E-state index contributed by atoms with van der Waals surface area (Å²) in [4.78, 5) is 12.0. The van der Waals surface area contributed by atoms with Gasteiger partial charge in [-0.25, -0.2) is 4.68 Å². The highest BCUT2D eigenvalue weighted by Gasteiger charge is 2.24. The maximum atomic E-state index is 12.0. The highest BCUT2D eigenvalue weighted by atomic mass is 32.2. The van der Waals surface area contributed by atoms with Crippen LogP contribution in [-0.4, -0.2) is 31.7 Å². The Bertz CT molecular complexity index is 723. The number of thioether (sulfide) groups is 1. The molecule has 2 rings (SSSR count). The van der Waals surface area contributed by atoms with Gasteiger partial charge in [0, 0.05) is 16.9 Å². The lowest BCUT2D eigenvalue weighted by atomic mass is 9.92. The number of nitrogen functional groups attached to an aromatic ring is 1. The van der Waals surface area contributed by atoms with Crippen LogP contribution in [0.1, 0.15) is 53.1 Å². The molecule has 0 aliphatic rings. The van der Waals surface area contributed by atoms with Gasteiger partial charge in [0.25, 0.3) is 0 Å². The van der Waals surface area contributed by atoms with E-state index in [-0.39, 0.29) is 22.5 Å². The van der Waals surface area contributed by atoms with Gasteiger partial charge >= 0.3 is 0 Å². The van der Waals surface area contributed by atoms with Crippen molar-refractivity contribution in [3.8, 4) is 0 Å². The molecule has 3 N–H and O–H groups in total. The average molecular weight is 352 g/mol. The van der Waals surface area contributed by atoms with E-state index in [4.69, 9.17) is 10.4 Å². The van der Waals surface area contributed by atoms with Gasteiger partial charge in [-0.2, -0.15) is 0 Å². The molecule has 0 aliphatic heterocycles. The fourth-order valence-electron chi connectivity index (χ4n) is 1.88. The number of hydrogen-bond donors (Lipinski definition) is 2. The molecule has 24 heavy (non-hydrogen) atoms. The number of nitrogens with zero attached hydrogens (tertiary/aromatic N) is 4. The smallest absolute Gasteiger partial charge is 0.237 e. The van der Waals surface area contributed by atoms with Gasteiger partial charge in [-0.15, -0.1) is 10.2 Å². The molecule has 9 heteroatoms. The molecule has 132 valence electrons. The number of rotatable bonds is 4. The molecular weight excluding hydrogens is 328 g/mol. The van der Waals surface area contributed by atoms with Gasteiger partial charge in [0.1, 0.15) is 0 Å². The van der Waals surface area contributed by atoms with Gasteiger partial charge in [0.15, 0.2) is 5.82 Å². The summed E-state index contributed by atoms with van der Waals surface area (Å²) in [5.41, 5.74) is 0.425. The second-order valence-corrected chi connectivity index (χ2v) is 8.53. The molecule has 0 aromatic carbocycles. The van der Waals surface area contributed by atoms with Crippen molar-refractivity contribution in [2.75, 3.05) is 16.9 Å². The topological polar surface area (TPSA) is 112 Å². The Morgan fingerprint density at radius 2 is 1.92 bits per heavy atom. The second-order valence-electron chi connectivity index (χ2n) is 7.59. The molecule has 2 aromatic rings. The van der Waals surface area contributed by atoms with E-state index in [1.54, 1.807) is 6.07 Å². The van der Waals surface area contributed by atoms with Crippen molar-refractivity contribution >= 4 is 23.6 Å². The first kappa shape index (κ1) is 18.3. The van der Waals surface area contributed by atoms with Crippen LogP contribution in [0.3, 0.4) is 0 Å². The number of carbonyl (C=O) groups excluding carboxylic acids is 1. The molecule has 0 radical (unpaired) electrons. The molecule has 0 saturated heterocycles. The zero-order chi connectivity index (χ0) is 18.1. The lowest BCUT2D eigenvalue weighted by Gasteiger charge is -2.16. The van der Waals surface area contributed by atoms with Gasteiger partial charge in [0.05, 0.1) is 11.4 Å². The van der Waals surface area contributed by atoms with Crippen molar-refractivity contribution in [2.45, 2.75) is 57.5 Å². The van der Waals surface area contributed by atoms with Crippen LogP contribution in [0.4, 0.5) is 5.88 Å². The fraction of sp³-hybridized carbons (Fsp3) is 0.600. The monoisotopic (exact) mass is 352 g/mol. The largest absolute Gasteiger partial charge is 0.338 e. The van der Waals surface area contributed by atoms with Crippen molar-refractivity contribution in [1.82, 2.24) is 20.0 Å². The van der Waals surface area contributed by atoms with Crippen molar-refractivity contribution in [3.63, 3.8) is 0 Å². The van der Waals surface area contributed by atoms with Crippen LogP contribution in [0.25, 0.3) is 0 Å². The van der Waals surface area contributed by atoms with E-state index in [9.17, 15) is 4.79 Å². The Morgan fingerprint density at radius 1 is 1.25 bits per heavy atom. The molecule has 8 nitrogen and oxygen atoms in total. The van der Waals surface area contributed by atoms with Crippen LogP contribution in [0, 0.1) is 0 Å². The normalized spacial score (nSPS) is 12.4. The van der Waals surface area contributed by atoms with Crippen LogP contribution in [0.2, 0.25) is 0 Å². The Balaban J connectivity index is 1.95. The molecule has 0 spiro atoms. The van der Waals surface area contributed by atoms with Crippen LogP contribution in [0.15, 0.2) is 15.7 Å². The summed E-state index contributed by atoms with van der Waals surface area (Å²) in [6.45, 7) is 12.1. The van der Waals surface area contributed by atoms with E-state index >= 15 is 0 Å². The van der Waals surface area contributed by atoms with Crippen LogP contribution >= 0.6 is 11.8 Å². The lowest BCUT2D eigenvalue weighted by molar-refractivity contribution is -0.113. The summed E-state index contributed by atoms with van der Waals surface area (Å²) in [7, 11) is 0. The second kappa shape index (κ2) is 6.46. The molecule has 0 unspecified atom stereocenters. The number of anilines is 1. The van der Waals surface area contributed by atoms with Crippen LogP contribution in [-0.2, 0) is 15.6 Å². The third-order valence-electron chi connectivity index (χ3n) is 3.21. The Morgan fingerprint density at radius 3 is 2.42 bits per heavy atom. The highest BCUT2D eigenvalue weighted by molar-refractivity contribution is 7.99. The first-order valence-corrected chi connectivity index (χ1v) is 8.58. The standard InChI is InChI=1S/C15H24N6O2S/c1-14(2,3)9-7-11(23-20-9)17-10(22)8-24-13-19-18-12(21(13)16)15(4,5)6/h7H,8,16H2,1-6H3,(H,17,22). The van der Waals surface area contributed by atoms with Gasteiger partial charge in [-0.05, 0) is 0 Å². The van der Waals surface area contributed by atoms with Gasteiger partial charge in [-0.1, -0.05) is 58.5 Å². The molecule has 0 atom stereocenters. The number of nitrogens with one attached hydrogen (secondary N) is 1. The molecule has 2 heterocycles. The third kappa shape index (κ3) is 4.28. The summed E-state index contributed by atoms with van der Waals surface area (Å²) >= 11 is 1.21. The van der Waals surface area contributed by atoms with E-state index in [2.05, 4.69) is 20.7 Å². The molecular formula is C15H24N6O2S. The maximum Gasteiger partial charge on any atom is 0.237 e. The number of nitrogens with two attached hydrogens (primary N) is 1. The lowest BCUT2D eigenvalue weighted by Crippen LogP contribution is -2.24. The SMILES string of the molecule is CC(C)(C)c1cc(NC(=O)CSc2nnc(C(C)(C)C)n2N)on1. The minimum atomic E-state index is -0.225. The summed E-state index contributed by atoms with van der Waals surface area (Å²) in [6, 6.07) is 1.73.